The lowest BCUT2D eigenvalue weighted by Crippen LogP contribution is -2.44. The van der Waals surface area contributed by atoms with Crippen molar-refractivity contribution in [2.24, 2.45) is 0 Å². The van der Waals surface area contributed by atoms with E-state index in [1.54, 1.807) is 23.6 Å². The van der Waals surface area contributed by atoms with Crippen molar-refractivity contribution < 1.29 is 34.1 Å². The number of hydrogen-bond acceptors (Lipinski definition) is 8. The molecule has 12 heteroatoms. The summed E-state index contributed by atoms with van der Waals surface area (Å²) in [6.45, 7) is 4.22. The Labute approximate surface area is 228 Å². The zero-order chi connectivity index (χ0) is 28.6. The second-order valence-corrected chi connectivity index (χ2v) is 9.76. The van der Waals surface area contributed by atoms with Gasteiger partial charge in [-0.3, -0.25) is 9.59 Å². The lowest BCUT2D eigenvalue weighted by molar-refractivity contribution is -0.172. The van der Waals surface area contributed by atoms with Gasteiger partial charge in [-0.25, -0.2) is 14.6 Å². The Bertz CT molecular complexity index is 1600. The first-order valence-electron chi connectivity index (χ1n) is 13.2. The molecule has 2 aliphatic rings. The molecule has 12 nitrogen and oxygen atoms in total. The first-order valence-corrected chi connectivity index (χ1v) is 13.2. The SMILES string of the molecule is CCc1c2c(nc3ccc(OCCCNC(=O)CNC(=O)O)cc13)-c1cc3c(c(=O)n1C2)COC(=O)[C@]3(O)CC. The quantitative estimate of drug-likeness (QED) is 0.179. The zero-order valence-electron chi connectivity index (χ0n) is 22.2. The molecule has 2 amide bonds. The molecule has 0 spiro atoms. The first kappa shape index (κ1) is 27.1. The van der Waals surface area contributed by atoms with Gasteiger partial charge in [0.25, 0.3) is 5.56 Å². The minimum atomic E-state index is -1.88. The fraction of sp³-hybridized carbons (Fsp3) is 0.393. The molecule has 0 bridgehead atoms. The van der Waals surface area contributed by atoms with Crippen LogP contribution in [0.25, 0.3) is 22.3 Å². The molecule has 40 heavy (non-hydrogen) atoms. The van der Waals surface area contributed by atoms with E-state index in [0.717, 1.165) is 22.0 Å². The zero-order valence-corrected chi connectivity index (χ0v) is 22.2. The van der Waals surface area contributed by atoms with E-state index in [4.69, 9.17) is 19.6 Å². The van der Waals surface area contributed by atoms with Crippen molar-refractivity contribution >= 4 is 28.9 Å². The van der Waals surface area contributed by atoms with Crippen LogP contribution in [0.3, 0.4) is 0 Å². The summed E-state index contributed by atoms with van der Waals surface area (Å²) in [7, 11) is 0. The molecule has 210 valence electrons. The Kier molecular flexibility index (Phi) is 7.19. The highest BCUT2D eigenvalue weighted by atomic mass is 16.6. The van der Waals surface area contributed by atoms with Crippen molar-refractivity contribution in [3.05, 3.63) is 56.9 Å². The molecule has 5 rings (SSSR count). The largest absolute Gasteiger partial charge is 0.494 e. The Morgan fingerprint density at radius 3 is 2.70 bits per heavy atom. The Balaban J connectivity index is 1.39. The van der Waals surface area contributed by atoms with Crippen molar-refractivity contribution in [3.63, 3.8) is 0 Å². The lowest BCUT2D eigenvalue weighted by atomic mass is 9.86. The maximum Gasteiger partial charge on any atom is 0.405 e. The minimum absolute atomic E-state index is 0.0804. The number of carbonyl (C=O) groups excluding carboxylic acids is 2. The van der Waals surface area contributed by atoms with Gasteiger partial charge in [-0.2, -0.15) is 0 Å². The van der Waals surface area contributed by atoms with Crippen molar-refractivity contribution in [3.8, 4) is 17.1 Å². The van der Waals surface area contributed by atoms with E-state index in [2.05, 4.69) is 5.32 Å². The summed E-state index contributed by atoms with van der Waals surface area (Å²) in [5, 5.41) is 25.2. The van der Waals surface area contributed by atoms with Crippen LogP contribution in [0.4, 0.5) is 4.79 Å². The summed E-state index contributed by atoms with van der Waals surface area (Å²) in [6, 6.07) is 7.27. The average Bonchev–Trinajstić information content (AvgIpc) is 3.31. The van der Waals surface area contributed by atoms with Crippen LogP contribution in [-0.2, 0) is 39.5 Å². The van der Waals surface area contributed by atoms with Crippen LogP contribution in [0.15, 0.2) is 29.1 Å². The molecule has 3 aromatic rings. The number of aryl methyl sites for hydroxylation is 1. The van der Waals surface area contributed by atoms with Crippen LogP contribution in [0.5, 0.6) is 5.75 Å². The van der Waals surface area contributed by atoms with Gasteiger partial charge in [0.2, 0.25) is 5.91 Å². The topological polar surface area (TPSA) is 169 Å². The molecule has 1 atom stereocenters. The highest BCUT2D eigenvalue weighted by Gasteiger charge is 2.45. The summed E-state index contributed by atoms with van der Waals surface area (Å²) in [5.41, 5.74) is 2.29. The summed E-state index contributed by atoms with van der Waals surface area (Å²) < 4.78 is 12.7. The van der Waals surface area contributed by atoms with Crippen LogP contribution in [0.2, 0.25) is 0 Å². The van der Waals surface area contributed by atoms with Crippen molar-refractivity contribution in [1.29, 1.82) is 0 Å². The number of rotatable bonds is 9. The number of hydrogen-bond donors (Lipinski definition) is 4. The van der Waals surface area contributed by atoms with Gasteiger partial charge in [0.1, 0.15) is 12.4 Å². The van der Waals surface area contributed by atoms with Gasteiger partial charge >= 0.3 is 12.1 Å². The summed E-state index contributed by atoms with van der Waals surface area (Å²) in [4.78, 5) is 52.8. The van der Waals surface area contributed by atoms with Gasteiger partial charge in [-0.1, -0.05) is 13.8 Å². The van der Waals surface area contributed by atoms with Crippen LogP contribution in [0.1, 0.15) is 48.9 Å². The molecule has 1 aromatic carbocycles. The van der Waals surface area contributed by atoms with Gasteiger partial charge in [0.05, 0.1) is 42.2 Å². The number of carboxylic acid groups (broad SMARTS) is 1. The molecule has 0 aliphatic carbocycles. The smallest absolute Gasteiger partial charge is 0.405 e. The van der Waals surface area contributed by atoms with Gasteiger partial charge in [-0.05, 0) is 49.1 Å². The molecule has 0 fully saturated rings. The number of amides is 2. The predicted octanol–water partition coefficient (Wildman–Crippen LogP) is 1.79. The molecule has 2 aliphatic heterocycles. The lowest BCUT2D eigenvalue weighted by Gasteiger charge is -2.31. The highest BCUT2D eigenvalue weighted by Crippen LogP contribution is 2.40. The van der Waals surface area contributed by atoms with E-state index in [1.807, 2.05) is 24.4 Å². The summed E-state index contributed by atoms with van der Waals surface area (Å²) >= 11 is 0. The minimum Gasteiger partial charge on any atom is -0.494 e. The number of fused-ring (bicyclic) bond motifs is 5. The molecule has 0 saturated heterocycles. The summed E-state index contributed by atoms with van der Waals surface area (Å²) in [6.07, 6.45) is 0.0338. The number of pyridine rings is 2. The molecular formula is C28H30N4O8. The number of cyclic esters (lactones) is 1. The fourth-order valence-electron chi connectivity index (χ4n) is 5.34. The third kappa shape index (κ3) is 4.64. The van der Waals surface area contributed by atoms with E-state index in [9.17, 15) is 24.3 Å². The Hall–Kier alpha value is -4.45. The van der Waals surface area contributed by atoms with E-state index in [1.165, 1.54) is 0 Å². The second-order valence-electron chi connectivity index (χ2n) is 9.76. The van der Waals surface area contributed by atoms with Crippen molar-refractivity contribution in [2.75, 3.05) is 19.7 Å². The normalized spacial score (nSPS) is 17.0. The monoisotopic (exact) mass is 550 g/mol. The van der Waals surface area contributed by atoms with Crippen LogP contribution in [-0.4, -0.2) is 57.4 Å². The van der Waals surface area contributed by atoms with Gasteiger partial charge in [0.15, 0.2) is 5.60 Å². The number of aliphatic hydroxyl groups is 1. The highest BCUT2D eigenvalue weighted by molar-refractivity contribution is 5.90. The van der Waals surface area contributed by atoms with Crippen LogP contribution in [0, 0.1) is 0 Å². The number of aromatic nitrogens is 2. The first-order chi connectivity index (χ1) is 19.2. The fourth-order valence-corrected chi connectivity index (χ4v) is 5.34. The molecule has 2 aromatic heterocycles. The molecule has 4 N–H and O–H groups in total. The number of carbonyl (C=O) groups is 3. The standard InChI is InChI=1S/C28H30N4O8/c1-3-16-17-10-15(39-9-5-8-29-23(33)12-30-27(36)37)6-7-21(17)31-24-18(16)13-32-22(24)11-20-19(25(32)34)14-40-26(35)28(20,38)4-2/h6-7,10-11,30,38H,3-5,8-9,12-14H2,1-2H3,(H,29,33)(H,36,37)/t28-/m0/s1. The number of benzene rings is 1. The Morgan fingerprint density at radius 1 is 1.18 bits per heavy atom. The number of ether oxygens (including phenoxy) is 2. The van der Waals surface area contributed by atoms with Gasteiger partial charge in [0, 0.05) is 23.1 Å². The molecule has 0 saturated carbocycles. The number of esters is 1. The molecule has 0 unspecified atom stereocenters. The molecule has 4 heterocycles. The molecular weight excluding hydrogens is 520 g/mol. The molecule has 0 radical (unpaired) electrons. The second kappa shape index (κ2) is 10.6. The predicted molar refractivity (Wildman–Crippen MR) is 143 cm³/mol. The van der Waals surface area contributed by atoms with Gasteiger partial charge < -0.3 is 34.9 Å². The average molecular weight is 551 g/mol. The number of nitrogens with one attached hydrogen (secondary N) is 2. The number of nitrogens with zero attached hydrogens (tertiary/aromatic N) is 2. The maximum absolute atomic E-state index is 13.5. The Morgan fingerprint density at radius 2 is 1.98 bits per heavy atom. The van der Waals surface area contributed by atoms with E-state index in [0.29, 0.717) is 49.7 Å². The van der Waals surface area contributed by atoms with E-state index >= 15 is 0 Å². The van der Waals surface area contributed by atoms with Gasteiger partial charge in [-0.15, -0.1) is 0 Å². The third-order valence-electron chi connectivity index (χ3n) is 7.44. The van der Waals surface area contributed by atoms with Crippen molar-refractivity contribution in [1.82, 2.24) is 20.2 Å². The van der Waals surface area contributed by atoms with Crippen LogP contribution >= 0.6 is 0 Å². The van der Waals surface area contributed by atoms with E-state index < -0.39 is 23.6 Å². The summed E-state index contributed by atoms with van der Waals surface area (Å²) in [5.74, 6) is -0.536. The maximum atomic E-state index is 13.5. The third-order valence-corrected chi connectivity index (χ3v) is 7.44. The van der Waals surface area contributed by atoms with Crippen LogP contribution < -0.4 is 20.9 Å². The van der Waals surface area contributed by atoms with Crippen molar-refractivity contribution in [2.45, 2.75) is 51.9 Å². The van der Waals surface area contributed by atoms with E-state index in [-0.39, 0.29) is 36.3 Å².